The minimum Gasteiger partial charge on any atom is -0.481 e. The molecule has 1 aliphatic carbocycles. The Morgan fingerprint density at radius 2 is 1.03 bits per heavy atom. The SMILES string of the molecule is O=C(O)CC[C@H](NC(=O)N[C@@H](CCCCNC(=O)[C@H](Cc1ccc2ccccc2c1)NC(=O)C1C2CN(C(=O)CN3CCN(CC(=O)O)CCN(CC(=O)O)CCN(CC(=O)O)CC3)CC21)C(=O)O)C(=O)O. The lowest BCUT2D eigenvalue weighted by Gasteiger charge is -2.33. The van der Waals surface area contributed by atoms with Gasteiger partial charge in [-0.2, -0.15) is 0 Å². The van der Waals surface area contributed by atoms with Crippen molar-refractivity contribution in [1.29, 1.82) is 0 Å². The summed E-state index contributed by atoms with van der Waals surface area (Å²) in [5.74, 6) is -9.16. The predicted octanol–water partition coefficient (Wildman–Crippen LogP) is -1.60. The van der Waals surface area contributed by atoms with Gasteiger partial charge in [-0.1, -0.05) is 42.5 Å². The van der Waals surface area contributed by atoms with Crippen LogP contribution in [0.2, 0.25) is 0 Å². The molecule has 0 radical (unpaired) electrons. The van der Waals surface area contributed by atoms with Gasteiger partial charge in [-0.25, -0.2) is 14.4 Å². The van der Waals surface area contributed by atoms with Crippen molar-refractivity contribution >= 4 is 70.3 Å². The fourth-order valence-electron chi connectivity index (χ4n) is 9.22. The summed E-state index contributed by atoms with van der Waals surface area (Å²) in [4.78, 5) is 132. The monoisotopic (exact) mass is 1010 g/mol. The van der Waals surface area contributed by atoms with Crippen molar-refractivity contribution in [3.05, 3.63) is 48.0 Å². The summed E-state index contributed by atoms with van der Waals surface area (Å²) < 4.78 is 0. The highest BCUT2D eigenvalue weighted by Crippen LogP contribution is 2.51. The minimum absolute atomic E-state index is 0.0382. The summed E-state index contributed by atoms with van der Waals surface area (Å²) in [6.07, 6.45) is -0.414. The van der Waals surface area contributed by atoms with Gasteiger partial charge in [0.1, 0.15) is 18.1 Å². The summed E-state index contributed by atoms with van der Waals surface area (Å²) in [6, 6.07) is 8.29. The fraction of sp³-hybridized carbons (Fsp3) is 0.574. The second kappa shape index (κ2) is 27.0. The van der Waals surface area contributed by atoms with E-state index in [0.717, 1.165) is 16.3 Å². The first-order valence-electron chi connectivity index (χ1n) is 23.9. The van der Waals surface area contributed by atoms with Crippen LogP contribution in [0.15, 0.2) is 42.5 Å². The molecule has 2 aromatic rings. The van der Waals surface area contributed by atoms with Crippen LogP contribution >= 0.6 is 0 Å². The molecular formula is C47H65N9O16. The number of likely N-dealkylation sites (tertiary alicyclic amines) is 1. The maximum atomic E-state index is 13.9. The van der Waals surface area contributed by atoms with E-state index in [2.05, 4.69) is 21.3 Å². The van der Waals surface area contributed by atoms with E-state index < -0.39 is 84.6 Å². The number of nitrogens with zero attached hydrogens (tertiary/aromatic N) is 5. The molecule has 2 heterocycles. The van der Waals surface area contributed by atoms with Crippen LogP contribution in [0, 0.1) is 17.8 Å². The summed E-state index contributed by atoms with van der Waals surface area (Å²) in [7, 11) is 0. The molecule has 3 fully saturated rings. The first kappa shape index (κ1) is 56.0. The number of nitrogens with one attached hydrogen (secondary N) is 4. The molecule has 2 aliphatic heterocycles. The molecule has 10 N–H and O–H groups in total. The van der Waals surface area contributed by atoms with Gasteiger partial charge in [-0.15, -0.1) is 0 Å². The highest BCUT2D eigenvalue weighted by atomic mass is 16.4. The van der Waals surface area contributed by atoms with Crippen LogP contribution in [0.5, 0.6) is 0 Å². The third kappa shape index (κ3) is 18.0. The third-order valence-corrected chi connectivity index (χ3v) is 13.2. The van der Waals surface area contributed by atoms with E-state index in [0.29, 0.717) is 13.1 Å². The van der Waals surface area contributed by atoms with Gasteiger partial charge in [0.05, 0.1) is 26.2 Å². The zero-order valence-electron chi connectivity index (χ0n) is 39.9. The largest absolute Gasteiger partial charge is 0.481 e. The molecule has 3 aliphatic rings. The highest BCUT2D eigenvalue weighted by molar-refractivity contribution is 5.91. The average molecular weight is 1010 g/mol. The number of carbonyl (C=O) groups is 10. The number of carboxylic acids is 6. The third-order valence-electron chi connectivity index (χ3n) is 13.2. The van der Waals surface area contributed by atoms with Crippen molar-refractivity contribution in [1.82, 2.24) is 45.8 Å². The van der Waals surface area contributed by atoms with Gasteiger partial charge < -0.3 is 56.8 Å². The molecule has 25 heteroatoms. The van der Waals surface area contributed by atoms with Crippen LogP contribution in [0.1, 0.15) is 37.7 Å². The topological polar surface area (TPSA) is 356 Å². The Kier molecular flexibility index (Phi) is 21.0. The van der Waals surface area contributed by atoms with Gasteiger partial charge in [0.15, 0.2) is 0 Å². The molecule has 5 amide bonds. The smallest absolute Gasteiger partial charge is 0.326 e. The number of rotatable bonds is 25. The van der Waals surface area contributed by atoms with E-state index >= 15 is 0 Å². The summed E-state index contributed by atoms with van der Waals surface area (Å²) in [5.41, 5.74) is 0.780. The number of piperidine rings is 1. The van der Waals surface area contributed by atoms with E-state index in [1.807, 2.05) is 47.4 Å². The van der Waals surface area contributed by atoms with E-state index in [4.69, 9.17) is 5.11 Å². The van der Waals surface area contributed by atoms with Crippen molar-refractivity contribution < 1.29 is 78.6 Å². The number of carboxylic acid groups (broad SMARTS) is 6. The molecule has 2 unspecified atom stereocenters. The van der Waals surface area contributed by atoms with Crippen LogP contribution in [-0.4, -0.2) is 231 Å². The second-order valence-electron chi connectivity index (χ2n) is 18.5. The Morgan fingerprint density at radius 1 is 0.542 bits per heavy atom. The van der Waals surface area contributed by atoms with Crippen LogP contribution in [-0.2, 0) is 49.6 Å². The molecule has 394 valence electrons. The quantitative estimate of drug-likeness (QED) is 0.0501. The molecule has 0 aromatic heterocycles. The Morgan fingerprint density at radius 3 is 1.51 bits per heavy atom. The van der Waals surface area contributed by atoms with Crippen LogP contribution in [0.3, 0.4) is 0 Å². The molecule has 2 aromatic carbocycles. The molecule has 72 heavy (non-hydrogen) atoms. The Balaban J connectivity index is 1.16. The van der Waals surface area contributed by atoms with Gasteiger partial charge in [0.2, 0.25) is 17.7 Å². The zero-order chi connectivity index (χ0) is 52.5. The van der Waals surface area contributed by atoms with Gasteiger partial charge in [0.25, 0.3) is 0 Å². The lowest BCUT2D eigenvalue weighted by atomic mass is 10.0. The van der Waals surface area contributed by atoms with Gasteiger partial charge in [-0.3, -0.25) is 53.2 Å². The molecule has 0 spiro atoms. The number of unbranched alkanes of at least 4 members (excludes halogenated alkanes) is 1. The molecule has 1 saturated carbocycles. The second-order valence-corrected chi connectivity index (χ2v) is 18.5. The lowest BCUT2D eigenvalue weighted by molar-refractivity contribution is -0.141. The normalized spacial score (nSPS) is 20.3. The molecule has 5 rings (SSSR count). The standard InChI is InChI=1S/C47H65N9O16/c57-37(25-52-13-15-53(26-39(60)61)17-19-55(28-41(64)65)20-18-54(16-14-52)27-40(62)63)56-23-32-33(24-56)42(32)44(67)49-36(22-29-8-9-30-5-1-2-6-31(30)21-29)43(66)48-12-4-3-7-34(45(68)69)50-47(72)51-35(46(70)71)10-11-38(58)59/h1-2,5-6,8-9,21,32-36,42H,3-4,7,10-20,22-28H2,(H,48,66)(H,49,67)(H,58,59)(H,60,61)(H,62,63)(H,64,65)(H,68,69)(H,70,71)(H2,50,51,72)/t32?,33?,34-,35-,36-,42?/m0/s1. The van der Waals surface area contributed by atoms with E-state index in [9.17, 15) is 73.5 Å². The van der Waals surface area contributed by atoms with Crippen molar-refractivity contribution in [3.63, 3.8) is 0 Å². The number of amides is 5. The summed E-state index contributed by atoms with van der Waals surface area (Å²) in [6.45, 7) is 1.76. The molecular weight excluding hydrogens is 947 g/mol. The van der Waals surface area contributed by atoms with Gasteiger partial charge in [-0.05, 0) is 53.9 Å². The van der Waals surface area contributed by atoms with Crippen molar-refractivity contribution in [2.75, 3.05) is 98.2 Å². The Hall–Kier alpha value is -6.96. The van der Waals surface area contributed by atoms with E-state index in [-0.39, 0.29) is 134 Å². The minimum atomic E-state index is -1.56. The van der Waals surface area contributed by atoms with Crippen LogP contribution in [0.25, 0.3) is 10.8 Å². The zero-order valence-corrected chi connectivity index (χ0v) is 39.9. The fourth-order valence-corrected chi connectivity index (χ4v) is 9.22. The number of benzene rings is 2. The Labute approximate surface area is 414 Å². The summed E-state index contributed by atoms with van der Waals surface area (Å²) >= 11 is 0. The first-order valence-corrected chi connectivity index (χ1v) is 23.9. The van der Waals surface area contributed by atoms with Crippen molar-refractivity contribution in [3.8, 4) is 0 Å². The predicted molar refractivity (Wildman–Crippen MR) is 254 cm³/mol. The molecule has 25 nitrogen and oxygen atoms in total. The molecule has 0 bridgehead atoms. The number of aliphatic carboxylic acids is 6. The maximum absolute atomic E-state index is 13.9. The number of hydrogen-bond acceptors (Lipinski definition) is 14. The maximum Gasteiger partial charge on any atom is 0.326 e. The molecule has 5 atom stereocenters. The number of carbonyl (C=O) groups excluding carboxylic acids is 4. The number of hydrogen-bond donors (Lipinski definition) is 10. The van der Waals surface area contributed by atoms with Gasteiger partial charge in [0, 0.05) is 90.8 Å². The van der Waals surface area contributed by atoms with Crippen LogP contribution in [0.4, 0.5) is 4.79 Å². The lowest BCUT2D eigenvalue weighted by Crippen LogP contribution is -2.51. The van der Waals surface area contributed by atoms with Crippen LogP contribution < -0.4 is 21.3 Å². The molecule has 2 saturated heterocycles. The highest BCUT2D eigenvalue weighted by Gasteiger charge is 2.60. The van der Waals surface area contributed by atoms with E-state index in [1.165, 1.54) is 0 Å². The van der Waals surface area contributed by atoms with Gasteiger partial charge >= 0.3 is 41.8 Å². The first-order chi connectivity index (χ1) is 34.3. The Bertz CT molecular complexity index is 2260. The van der Waals surface area contributed by atoms with Crippen molar-refractivity contribution in [2.24, 2.45) is 17.8 Å². The summed E-state index contributed by atoms with van der Waals surface area (Å²) in [5, 5.41) is 68.4. The number of urea groups is 1. The van der Waals surface area contributed by atoms with E-state index in [1.54, 1.807) is 19.6 Å². The van der Waals surface area contributed by atoms with Crippen molar-refractivity contribution in [2.45, 2.75) is 56.7 Å². The number of fused-ring (bicyclic) bond motifs is 2. The average Bonchev–Trinajstić information content (AvgIpc) is 3.81.